The van der Waals surface area contributed by atoms with Gasteiger partial charge in [0.15, 0.2) is 5.13 Å². The van der Waals surface area contributed by atoms with Crippen LogP contribution in [0.15, 0.2) is 18.2 Å². The Balaban J connectivity index is 1.59. The first-order valence-electron chi connectivity index (χ1n) is 8.19. The fourth-order valence-electron chi connectivity index (χ4n) is 2.47. The molecule has 0 radical (unpaired) electrons. The summed E-state index contributed by atoms with van der Waals surface area (Å²) in [7, 11) is 0. The van der Waals surface area contributed by atoms with Gasteiger partial charge in [0.2, 0.25) is 0 Å². The average molecular weight is 305 g/mol. The van der Waals surface area contributed by atoms with Crippen LogP contribution >= 0.6 is 11.3 Å². The number of nitrogens with zero attached hydrogens (tertiary/aromatic N) is 1. The predicted molar refractivity (Wildman–Crippen MR) is 95.1 cm³/mol. The number of nitrogen functional groups attached to an aromatic ring is 1. The Morgan fingerprint density at radius 1 is 1.05 bits per heavy atom. The maximum Gasteiger partial charge on any atom is 0.183 e. The molecule has 2 rings (SSSR count). The number of rotatable bonds is 10. The predicted octanol–water partition coefficient (Wildman–Crippen LogP) is 5.43. The van der Waals surface area contributed by atoms with E-state index in [-0.39, 0.29) is 0 Å². The molecule has 3 nitrogen and oxygen atoms in total. The number of unbranched alkanes of at least 4 members (excludes halogenated alkanes) is 7. The number of hydrogen-bond donors (Lipinski definition) is 2. The highest BCUT2D eigenvalue weighted by molar-refractivity contribution is 7.22. The lowest BCUT2D eigenvalue weighted by Gasteiger charge is -2.03. The summed E-state index contributed by atoms with van der Waals surface area (Å²) < 4.78 is 1.16. The van der Waals surface area contributed by atoms with Crippen molar-refractivity contribution in [2.75, 3.05) is 17.6 Å². The van der Waals surface area contributed by atoms with Crippen LogP contribution in [0.2, 0.25) is 0 Å². The van der Waals surface area contributed by atoms with Crippen LogP contribution in [0.4, 0.5) is 10.8 Å². The number of benzene rings is 1. The summed E-state index contributed by atoms with van der Waals surface area (Å²) in [5, 5.41) is 4.44. The van der Waals surface area contributed by atoms with Crippen LogP contribution in [-0.2, 0) is 0 Å². The molecular weight excluding hydrogens is 278 g/mol. The Morgan fingerprint density at radius 2 is 1.76 bits per heavy atom. The summed E-state index contributed by atoms with van der Waals surface area (Å²) in [6.45, 7) is 3.28. The second kappa shape index (κ2) is 8.88. The van der Waals surface area contributed by atoms with Crippen LogP contribution in [0.25, 0.3) is 10.2 Å². The Hall–Kier alpha value is -1.29. The fraction of sp³-hybridized carbons (Fsp3) is 0.588. The van der Waals surface area contributed by atoms with Crippen LogP contribution in [-0.4, -0.2) is 11.5 Å². The molecule has 0 saturated heterocycles. The molecule has 3 N–H and O–H groups in total. The number of nitrogens with two attached hydrogens (primary N) is 1. The second-order valence-electron chi connectivity index (χ2n) is 5.65. The molecule has 0 aliphatic rings. The van der Waals surface area contributed by atoms with Gasteiger partial charge < -0.3 is 11.1 Å². The molecule has 0 fully saturated rings. The largest absolute Gasteiger partial charge is 0.399 e. The monoisotopic (exact) mass is 305 g/mol. The van der Waals surface area contributed by atoms with Crippen molar-refractivity contribution in [1.29, 1.82) is 0 Å². The minimum Gasteiger partial charge on any atom is -0.399 e. The van der Waals surface area contributed by atoms with E-state index in [0.29, 0.717) is 0 Å². The van der Waals surface area contributed by atoms with Gasteiger partial charge in [-0.05, 0) is 24.6 Å². The summed E-state index contributed by atoms with van der Waals surface area (Å²) in [5.74, 6) is 0. The van der Waals surface area contributed by atoms with E-state index >= 15 is 0 Å². The third-order valence-electron chi connectivity index (χ3n) is 3.72. The maximum atomic E-state index is 5.79. The first-order valence-corrected chi connectivity index (χ1v) is 9.01. The van der Waals surface area contributed by atoms with Crippen LogP contribution in [0.5, 0.6) is 0 Å². The molecule has 0 aliphatic heterocycles. The van der Waals surface area contributed by atoms with Crippen molar-refractivity contribution in [1.82, 2.24) is 4.98 Å². The number of nitrogens with one attached hydrogen (secondary N) is 1. The van der Waals surface area contributed by atoms with E-state index in [4.69, 9.17) is 5.73 Å². The van der Waals surface area contributed by atoms with Gasteiger partial charge in [-0.25, -0.2) is 4.98 Å². The zero-order valence-corrected chi connectivity index (χ0v) is 13.8. The van der Waals surface area contributed by atoms with Crippen LogP contribution in [0.3, 0.4) is 0 Å². The molecule has 0 saturated carbocycles. The van der Waals surface area contributed by atoms with Gasteiger partial charge in [-0.15, -0.1) is 0 Å². The molecule has 2 aromatic rings. The topological polar surface area (TPSA) is 50.9 Å². The Morgan fingerprint density at radius 3 is 2.52 bits per heavy atom. The first kappa shape index (κ1) is 16.1. The Bertz CT molecular complexity index is 536. The van der Waals surface area contributed by atoms with Gasteiger partial charge in [0.05, 0.1) is 10.2 Å². The lowest BCUT2D eigenvalue weighted by molar-refractivity contribution is 0.581. The smallest absolute Gasteiger partial charge is 0.183 e. The van der Waals surface area contributed by atoms with Gasteiger partial charge in [0.25, 0.3) is 0 Å². The standard InChI is InChI=1S/C17H27N3S/c1-2-3-4-5-6-7-8-9-12-19-17-20-15-11-10-14(18)13-16(15)21-17/h10-11,13H,2-9,12,18H2,1H3,(H,19,20). The van der Waals surface area contributed by atoms with Gasteiger partial charge in [-0.2, -0.15) is 0 Å². The zero-order chi connectivity index (χ0) is 14.9. The first-order chi connectivity index (χ1) is 10.3. The van der Waals surface area contributed by atoms with E-state index in [1.807, 2.05) is 18.2 Å². The van der Waals surface area contributed by atoms with Crippen molar-refractivity contribution < 1.29 is 0 Å². The summed E-state index contributed by atoms with van der Waals surface area (Å²) >= 11 is 1.69. The van der Waals surface area contributed by atoms with E-state index < -0.39 is 0 Å². The summed E-state index contributed by atoms with van der Waals surface area (Å²) in [5.41, 5.74) is 7.63. The lowest BCUT2D eigenvalue weighted by Crippen LogP contribution is -2.00. The highest BCUT2D eigenvalue weighted by atomic mass is 32.1. The molecule has 1 heterocycles. The van der Waals surface area contributed by atoms with Gasteiger partial charge in [-0.1, -0.05) is 63.2 Å². The molecule has 0 spiro atoms. The van der Waals surface area contributed by atoms with Crippen molar-refractivity contribution in [2.24, 2.45) is 0 Å². The second-order valence-corrected chi connectivity index (χ2v) is 6.68. The van der Waals surface area contributed by atoms with Crippen molar-refractivity contribution in [3.05, 3.63) is 18.2 Å². The third kappa shape index (κ3) is 5.54. The molecule has 0 unspecified atom stereocenters. The molecule has 0 aliphatic carbocycles. The molecule has 4 heteroatoms. The molecule has 21 heavy (non-hydrogen) atoms. The minimum atomic E-state index is 0.806. The third-order valence-corrected chi connectivity index (χ3v) is 4.69. The molecule has 0 atom stereocenters. The van der Waals surface area contributed by atoms with Crippen molar-refractivity contribution in [2.45, 2.75) is 58.3 Å². The number of anilines is 2. The summed E-state index contributed by atoms with van der Waals surface area (Å²) in [6, 6.07) is 5.89. The minimum absolute atomic E-state index is 0.806. The van der Waals surface area contributed by atoms with Gasteiger partial charge in [0, 0.05) is 12.2 Å². The number of fused-ring (bicyclic) bond motifs is 1. The summed E-state index contributed by atoms with van der Waals surface area (Å²) in [6.07, 6.45) is 10.8. The summed E-state index contributed by atoms with van der Waals surface area (Å²) in [4.78, 5) is 4.57. The van der Waals surface area contributed by atoms with Crippen LogP contribution in [0, 0.1) is 0 Å². The zero-order valence-electron chi connectivity index (χ0n) is 13.0. The van der Waals surface area contributed by atoms with Crippen molar-refractivity contribution >= 4 is 32.4 Å². The highest BCUT2D eigenvalue weighted by Gasteiger charge is 2.03. The molecule has 0 amide bonds. The normalized spacial score (nSPS) is 11.1. The SMILES string of the molecule is CCCCCCCCCCNc1nc2ccc(N)cc2s1. The van der Waals surface area contributed by atoms with Crippen molar-refractivity contribution in [3.8, 4) is 0 Å². The molecule has 0 bridgehead atoms. The lowest BCUT2D eigenvalue weighted by atomic mass is 10.1. The molecule has 1 aromatic heterocycles. The highest BCUT2D eigenvalue weighted by Crippen LogP contribution is 2.27. The van der Waals surface area contributed by atoms with Gasteiger partial charge >= 0.3 is 0 Å². The van der Waals surface area contributed by atoms with Crippen LogP contribution < -0.4 is 11.1 Å². The van der Waals surface area contributed by atoms with Gasteiger partial charge in [-0.3, -0.25) is 0 Å². The molecular formula is C17H27N3S. The number of thiazole rings is 1. The van der Waals surface area contributed by atoms with Crippen LogP contribution in [0.1, 0.15) is 58.3 Å². The number of hydrogen-bond acceptors (Lipinski definition) is 4. The number of aromatic nitrogens is 1. The van der Waals surface area contributed by atoms with E-state index in [0.717, 1.165) is 27.6 Å². The quantitative estimate of drug-likeness (QED) is 0.454. The van der Waals surface area contributed by atoms with E-state index in [9.17, 15) is 0 Å². The Kier molecular flexibility index (Phi) is 6.80. The molecule has 116 valence electrons. The van der Waals surface area contributed by atoms with Crippen molar-refractivity contribution in [3.63, 3.8) is 0 Å². The average Bonchev–Trinajstić information content (AvgIpc) is 2.87. The van der Waals surface area contributed by atoms with E-state index in [1.54, 1.807) is 11.3 Å². The molecule has 1 aromatic carbocycles. The Labute approximate surface area is 132 Å². The fourth-order valence-corrected chi connectivity index (χ4v) is 3.41. The maximum absolute atomic E-state index is 5.79. The van der Waals surface area contributed by atoms with E-state index in [2.05, 4.69) is 17.2 Å². The van der Waals surface area contributed by atoms with Gasteiger partial charge in [0.1, 0.15) is 0 Å². The van der Waals surface area contributed by atoms with E-state index in [1.165, 1.54) is 51.4 Å².